The number of halogens is 3. The van der Waals surface area contributed by atoms with Gasteiger partial charge in [0.2, 0.25) is 0 Å². The van der Waals surface area contributed by atoms with Gasteiger partial charge in [-0.1, -0.05) is 31.2 Å². The Morgan fingerprint density at radius 2 is 1.85 bits per heavy atom. The summed E-state index contributed by atoms with van der Waals surface area (Å²) in [5.74, 6) is -0.650. The summed E-state index contributed by atoms with van der Waals surface area (Å²) in [5, 5.41) is 0. The SMILES string of the molecule is CCc1ccccc1C(=O)c1cnccc1C(F)(F)F. The molecule has 0 spiro atoms. The molecule has 0 unspecified atom stereocenters. The quantitative estimate of drug-likeness (QED) is 0.798. The number of carbonyl (C=O) groups is 1. The van der Waals surface area contributed by atoms with Crippen LogP contribution in [0.4, 0.5) is 13.2 Å². The molecule has 0 N–H and O–H groups in total. The number of benzene rings is 1. The minimum Gasteiger partial charge on any atom is -0.289 e. The lowest BCUT2D eigenvalue weighted by Crippen LogP contribution is -2.15. The van der Waals surface area contributed by atoms with Crippen molar-refractivity contribution in [1.82, 2.24) is 4.98 Å². The van der Waals surface area contributed by atoms with Gasteiger partial charge in [0, 0.05) is 18.0 Å². The normalized spacial score (nSPS) is 11.4. The molecule has 0 saturated heterocycles. The van der Waals surface area contributed by atoms with Crippen molar-refractivity contribution >= 4 is 5.78 Å². The highest BCUT2D eigenvalue weighted by Gasteiger charge is 2.35. The molecule has 2 rings (SSSR count). The predicted octanol–water partition coefficient (Wildman–Crippen LogP) is 3.89. The maximum absolute atomic E-state index is 12.9. The van der Waals surface area contributed by atoms with E-state index in [2.05, 4.69) is 4.98 Å². The lowest BCUT2D eigenvalue weighted by molar-refractivity contribution is -0.137. The maximum Gasteiger partial charge on any atom is 0.417 e. The van der Waals surface area contributed by atoms with E-state index >= 15 is 0 Å². The van der Waals surface area contributed by atoms with Crippen LogP contribution in [-0.4, -0.2) is 10.8 Å². The van der Waals surface area contributed by atoms with Gasteiger partial charge in [0.15, 0.2) is 5.78 Å². The fourth-order valence-electron chi connectivity index (χ4n) is 2.02. The van der Waals surface area contributed by atoms with E-state index in [-0.39, 0.29) is 5.56 Å². The Bertz CT molecular complexity index is 635. The largest absolute Gasteiger partial charge is 0.417 e. The second-order valence-corrected chi connectivity index (χ2v) is 4.26. The van der Waals surface area contributed by atoms with Crippen molar-refractivity contribution in [1.29, 1.82) is 0 Å². The van der Waals surface area contributed by atoms with E-state index in [0.29, 0.717) is 6.42 Å². The standard InChI is InChI=1S/C15H12F3NO/c1-2-10-5-3-4-6-11(10)14(20)12-9-19-8-7-13(12)15(16,17)18/h3-9H,2H2,1H3. The first-order chi connectivity index (χ1) is 9.45. The number of rotatable bonds is 3. The molecule has 1 aromatic carbocycles. The summed E-state index contributed by atoms with van der Waals surface area (Å²) in [6.07, 6.45) is -2.00. The molecule has 104 valence electrons. The fraction of sp³-hybridized carbons (Fsp3) is 0.200. The Kier molecular flexibility index (Phi) is 3.88. The minimum absolute atomic E-state index is 0.286. The molecule has 0 aliphatic carbocycles. The van der Waals surface area contributed by atoms with Crippen molar-refractivity contribution in [2.45, 2.75) is 19.5 Å². The summed E-state index contributed by atoms with van der Waals surface area (Å²) < 4.78 is 38.8. The van der Waals surface area contributed by atoms with Gasteiger partial charge >= 0.3 is 6.18 Å². The van der Waals surface area contributed by atoms with Crippen LogP contribution in [0.5, 0.6) is 0 Å². The third kappa shape index (κ3) is 2.71. The molecule has 1 aromatic heterocycles. The fourth-order valence-corrected chi connectivity index (χ4v) is 2.02. The summed E-state index contributed by atoms with van der Waals surface area (Å²) in [6.45, 7) is 1.85. The van der Waals surface area contributed by atoms with Crippen molar-refractivity contribution in [2.75, 3.05) is 0 Å². The highest BCUT2D eigenvalue weighted by Crippen LogP contribution is 2.32. The summed E-state index contributed by atoms with van der Waals surface area (Å²) in [7, 11) is 0. The first-order valence-electron chi connectivity index (χ1n) is 6.09. The lowest BCUT2D eigenvalue weighted by Gasteiger charge is -2.12. The van der Waals surface area contributed by atoms with E-state index in [9.17, 15) is 18.0 Å². The number of hydrogen-bond donors (Lipinski definition) is 0. The molecular weight excluding hydrogens is 267 g/mol. The van der Waals surface area contributed by atoms with Crippen molar-refractivity contribution in [3.63, 3.8) is 0 Å². The van der Waals surface area contributed by atoms with E-state index in [1.807, 2.05) is 6.92 Å². The van der Waals surface area contributed by atoms with Crippen molar-refractivity contribution in [2.24, 2.45) is 0 Å². The van der Waals surface area contributed by atoms with E-state index in [0.717, 1.165) is 24.0 Å². The van der Waals surface area contributed by atoms with E-state index < -0.39 is 23.1 Å². The van der Waals surface area contributed by atoms with Crippen LogP contribution in [0.3, 0.4) is 0 Å². The maximum atomic E-state index is 12.9. The van der Waals surface area contributed by atoms with Crippen LogP contribution >= 0.6 is 0 Å². The van der Waals surface area contributed by atoms with Crippen molar-refractivity contribution < 1.29 is 18.0 Å². The Morgan fingerprint density at radius 1 is 1.15 bits per heavy atom. The molecule has 0 aliphatic heterocycles. The van der Waals surface area contributed by atoms with Crippen LogP contribution in [0.15, 0.2) is 42.7 Å². The Labute approximate surface area is 114 Å². The second-order valence-electron chi connectivity index (χ2n) is 4.26. The number of aromatic nitrogens is 1. The average molecular weight is 279 g/mol. The first-order valence-corrected chi connectivity index (χ1v) is 6.09. The van der Waals surface area contributed by atoms with E-state index in [1.54, 1.807) is 18.2 Å². The van der Waals surface area contributed by atoms with Gasteiger partial charge in [0.1, 0.15) is 0 Å². The molecule has 2 nitrogen and oxygen atoms in total. The summed E-state index contributed by atoms with van der Waals surface area (Å²) in [4.78, 5) is 16.0. The van der Waals surface area contributed by atoms with Crippen LogP contribution < -0.4 is 0 Å². The highest BCUT2D eigenvalue weighted by atomic mass is 19.4. The summed E-state index contributed by atoms with van der Waals surface area (Å²) in [5.41, 5.74) is -0.368. The molecule has 2 aromatic rings. The minimum atomic E-state index is -4.57. The Balaban J connectivity index is 2.55. The number of alkyl halides is 3. The molecule has 20 heavy (non-hydrogen) atoms. The molecule has 0 bridgehead atoms. The van der Waals surface area contributed by atoms with Crippen molar-refractivity contribution in [3.8, 4) is 0 Å². The molecule has 0 aliphatic rings. The van der Waals surface area contributed by atoms with Crippen molar-refractivity contribution in [3.05, 3.63) is 65.0 Å². The smallest absolute Gasteiger partial charge is 0.289 e. The molecule has 0 radical (unpaired) electrons. The number of nitrogens with zero attached hydrogens (tertiary/aromatic N) is 1. The summed E-state index contributed by atoms with van der Waals surface area (Å²) in [6, 6.07) is 7.48. The number of ketones is 1. The van der Waals surface area contributed by atoms with Gasteiger partial charge in [-0.2, -0.15) is 13.2 Å². The third-order valence-electron chi connectivity index (χ3n) is 3.01. The third-order valence-corrected chi connectivity index (χ3v) is 3.01. The molecule has 1 heterocycles. The lowest BCUT2D eigenvalue weighted by atomic mass is 9.95. The zero-order valence-corrected chi connectivity index (χ0v) is 10.7. The number of carbonyl (C=O) groups excluding carboxylic acids is 1. The second kappa shape index (κ2) is 5.45. The number of aryl methyl sites for hydroxylation is 1. The number of hydrogen-bond acceptors (Lipinski definition) is 2. The Morgan fingerprint density at radius 3 is 2.50 bits per heavy atom. The van der Waals surface area contributed by atoms with Gasteiger partial charge in [0.05, 0.1) is 11.1 Å². The van der Waals surface area contributed by atoms with Crippen LogP contribution in [0.1, 0.15) is 34.0 Å². The van der Waals surface area contributed by atoms with Gasteiger partial charge in [-0.25, -0.2) is 0 Å². The highest BCUT2D eigenvalue weighted by molar-refractivity contribution is 6.10. The van der Waals surface area contributed by atoms with E-state index in [1.165, 1.54) is 6.07 Å². The van der Waals surface area contributed by atoms with Gasteiger partial charge in [-0.05, 0) is 18.1 Å². The molecule has 0 fully saturated rings. The molecule has 0 saturated carbocycles. The van der Waals surface area contributed by atoms with Crippen LogP contribution in [0.2, 0.25) is 0 Å². The zero-order valence-electron chi connectivity index (χ0n) is 10.7. The zero-order chi connectivity index (χ0) is 14.8. The van der Waals surface area contributed by atoms with Gasteiger partial charge in [0.25, 0.3) is 0 Å². The van der Waals surface area contributed by atoms with Crippen LogP contribution in [-0.2, 0) is 12.6 Å². The average Bonchev–Trinajstić information content (AvgIpc) is 2.45. The predicted molar refractivity (Wildman–Crippen MR) is 68.5 cm³/mol. The molecular formula is C15H12F3NO. The van der Waals surface area contributed by atoms with Gasteiger partial charge in [-0.15, -0.1) is 0 Å². The molecule has 0 atom stereocenters. The first kappa shape index (κ1) is 14.2. The van der Waals surface area contributed by atoms with Crippen LogP contribution in [0, 0.1) is 0 Å². The molecule has 0 amide bonds. The summed E-state index contributed by atoms with van der Waals surface area (Å²) >= 11 is 0. The van der Waals surface area contributed by atoms with Gasteiger partial charge in [-0.3, -0.25) is 9.78 Å². The van der Waals surface area contributed by atoms with Crippen LogP contribution in [0.25, 0.3) is 0 Å². The monoisotopic (exact) mass is 279 g/mol. The Hall–Kier alpha value is -2.17. The number of pyridine rings is 1. The molecule has 5 heteroatoms. The topological polar surface area (TPSA) is 30.0 Å². The van der Waals surface area contributed by atoms with Gasteiger partial charge < -0.3 is 0 Å². The van der Waals surface area contributed by atoms with E-state index in [4.69, 9.17) is 0 Å².